The number of nitrogens with zero attached hydrogens (tertiary/aromatic N) is 3. The zero-order valence-electron chi connectivity index (χ0n) is 16.1. The molecular formula is C21H19F2N3O4. The Morgan fingerprint density at radius 2 is 1.80 bits per heavy atom. The number of amides is 2. The van der Waals surface area contributed by atoms with E-state index >= 15 is 0 Å². The number of carbonyl (C=O) groups excluding carboxylic acids is 3. The molecule has 1 aliphatic heterocycles. The lowest BCUT2D eigenvalue weighted by atomic mass is 9.85. The number of aromatic nitrogens is 2. The summed E-state index contributed by atoms with van der Waals surface area (Å²) < 4.78 is 33.2. The molecule has 7 nitrogen and oxygen atoms in total. The van der Waals surface area contributed by atoms with Crippen LogP contribution in [0.3, 0.4) is 0 Å². The van der Waals surface area contributed by atoms with E-state index in [1.54, 1.807) is 18.2 Å². The van der Waals surface area contributed by atoms with Crippen LogP contribution < -0.4 is 0 Å². The molecule has 0 N–H and O–H groups in total. The number of hydrogen-bond donors (Lipinski definition) is 0. The molecule has 9 heteroatoms. The lowest BCUT2D eigenvalue weighted by Crippen LogP contribution is -2.38. The molecule has 2 bridgehead atoms. The minimum atomic E-state index is -2.86. The van der Waals surface area contributed by atoms with E-state index in [1.807, 2.05) is 12.2 Å². The molecular weight excluding hydrogens is 396 g/mol. The first kappa shape index (κ1) is 18.9. The Balaban J connectivity index is 1.32. The first-order valence-corrected chi connectivity index (χ1v) is 9.85. The van der Waals surface area contributed by atoms with Gasteiger partial charge in [-0.3, -0.25) is 23.9 Å². The summed E-state index contributed by atoms with van der Waals surface area (Å²) in [5.41, 5.74) is 0.586. The van der Waals surface area contributed by atoms with E-state index in [9.17, 15) is 23.2 Å². The van der Waals surface area contributed by atoms with Gasteiger partial charge < -0.3 is 4.74 Å². The minimum absolute atomic E-state index is 0.0438. The molecule has 0 spiro atoms. The molecule has 5 atom stereocenters. The van der Waals surface area contributed by atoms with Gasteiger partial charge >= 0.3 is 12.5 Å². The highest BCUT2D eigenvalue weighted by molar-refractivity contribution is 6.08. The predicted molar refractivity (Wildman–Crippen MR) is 99.9 cm³/mol. The molecule has 2 heterocycles. The molecule has 2 aromatic rings. The minimum Gasteiger partial charge on any atom is -0.453 e. The highest BCUT2D eigenvalue weighted by Crippen LogP contribution is 2.52. The molecule has 3 aliphatic rings. The second kappa shape index (κ2) is 6.72. The van der Waals surface area contributed by atoms with Crippen LogP contribution in [0.5, 0.6) is 0 Å². The number of alkyl halides is 2. The van der Waals surface area contributed by atoms with Gasteiger partial charge in [0.1, 0.15) is 6.54 Å². The summed E-state index contributed by atoms with van der Waals surface area (Å²) in [5.74, 6) is -2.36. The van der Waals surface area contributed by atoms with Gasteiger partial charge in [0, 0.05) is 0 Å². The lowest BCUT2D eigenvalue weighted by Gasteiger charge is -2.19. The number of halogens is 2. The number of carbonyl (C=O) groups is 3. The van der Waals surface area contributed by atoms with Gasteiger partial charge in [0.05, 0.1) is 22.9 Å². The van der Waals surface area contributed by atoms with E-state index in [2.05, 4.69) is 4.98 Å². The first-order chi connectivity index (χ1) is 14.4. The van der Waals surface area contributed by atoms with Gasteiger partial charge in [-0.05, 0) is 37.3 Å². The Hall–Kier alpha value is -3.10. The highest BCUT2D eigenvalue weighted by Gasteiger charge is 2.59. The number of ether oxygens (including phenoxy) is 1. The third-order valence-corrected chi connectivity index (χ3v) is 6.34. The Bertz CT molecular complexity index is 1070. The zero-order valence-corrected chi connectivity index (χ0v) is 16.1. The fraction of sp³-hybridized carbons (Fsp3) is 0.429. The molecule has 1 saturated carbocycles. The largest absolute Gasteiger partial charge is 0.453 e. The van der Waals surface area contributed by atoms with Gasteiger partial charge in [-0.1, -0.05) is 24.3 Å². The summed E-state index contributed by atoms with van der Waals surface area (Å²) >= 11 is 0. The second-order valence-corrected chi connectivity index (χ2v) is 8.00. The number of imide groups is 1. The van der Waals surface area contributed by atoms with Crippen LogP contribution in [-0.2, 0) is 19.1 Å². The molecule has 1 aromatic carbocycles. The third-order valence-electron chi connectivity index (χ3n) is 6.34. The van der Waals surface area contributed by atoms with Crippen LogP contribution in [0.15, 0.2) is 36.4 Å². The predicted octanol–water partition coefficient (Wildman–Crippen LogP) is 2.84. The van der Waals surface area contributed by atoms with Gasteiger partial charge in [0.15, 0.2) is 11.9 Å². The van der Waals surface area contributed by atoms with E-state index in [0.717, 1.165) is 11.3 Å². The molecule has 2 aliphatic carbocycles. The maximum absolute atomic E-state index is 13.6. The van der Waals surface area contributed by atoms with E-state index in [0.29, 0.717) is 10.1 Å². The number of benzene rings is 1. The summed E-state index contributed by atoms with van der Waals surface area (Å²) in [6.45, 7) is -1.95. The number of rotatable bonds is 5. The van der Waals surface area contributed by atoms with Gasteiger partial charge in [-0.15, -0.1) is 0 Å². The lowest BCUT2D eigenvalue weighted by molar-refractivity contribution is -0.157. The van der Waals surface area contributed by atoms with E-state index in [4.69, 9.17) is 4.74 Å². The molecule has 5 rings (SSSR count). The number of hydrogen-bond acceptors (Lipinski definition) is 5. The number of likely N-dealkylation sites (tertiary alicyclic amines) is 1. The Labute approximate surface area is 170 Å². The maximum Gasteiger partial charge on any atom is 0.326 e. The average Bonchev–Trinajstić information content (AvgIpc) is 3.46. The van der Waals surface area contributed by atoms with Crippen molar-refractivity contribution >= 4 is 28.8 Å². The van der Waals surface area contributed by atoms with Crippen LogP contribution in [0, 0.1) is 23.7 Å². The SMILES string of the molecule is CC(OC(=O)CN1C(=O)C2C3C=CC(C3)C2C1=O)c1nc2ccccc2n1C(F)F. The smallest absolute Gasteiger partial charge is 0.326 e. The molecule has 2 fully saturated rings. The molecule has 0 radical (unpaired) electrons. The van der Waals surface area contributed by atoms with Gasteiger partial charge in [0.2, 0.25) is 11.8 Å². The van der Waals surface area contributed by atoms with Crippen LogP contribution in [0.4, 0.5) is 8.78 Å². The second-order valence-electron chi connectivity index (χ2n) is 8.00. The molecule has 1 saturated heterocycles. The van der Waals surface area contributed by atoms with Crippen molar-refractivity contribution in [3.8, 4) is 0 Å². The van der Waals surface area contributed by atoms with Crippen LogP contribution in [-0.4, -0.2) is 38.8 Å². The average molecular weight is 415 g/mol. The normalized spacial score (nSPS) is 28.1. The van der Waals surface area contributed by atoms with E-state index < -0.39 is 37.0 Å². The molecule has 5 unspecified atom stereocenters. The third kappa shape index (κ3) is 2.68. The van der Waals surface area contributed by atoms with Crippen LogP contribution in [0.2, 0.25) is 0 Å². The molecule has 1 aromatic heterocycles. The number of fused-ring (bicyclic) bond motifs is 6. The fourth-order valence-electron chi connectivity index (χ4n) is 5.09. The molecule has 2 amide bonds. The molecule has 156 valence electrons. The van der Waals surface area contributed by atoms with Crippen molar-refractivity contribution in [1.29, 1.82) is 0 Å². The van der Waals surface area contributed by atoms with Gasteiger partial charge in [-0.25, -0.2) is 4.98 Å². The summed E-state index contributed by atoms with van der Waals surface area (Å²) in [6, 6.07) is 6.39. The van der Waals surface area contributed by atoms with Crippen molar-refractivity contribution in [2.24, 2.45) is 23.7 Å². The van der Waals surface area contributed by atoms with Crippen molar-refractivity contribution in [1.82, 2.24) is 14.5 Å². The van der Waals surface area contributed by atoms with Crippen molar-refractivity contribution in [3.63, 3.8) is 0 Å². The highest BCUT2D eigenvalue weighted by atomic mass is 19.3. The quantitative estimate of drug-likeness (QED) is 0.426. The Kier molecular flexibility index (Phi) is 4.23. The van der Waals surface area contributed by atoms with Crippen LogP contribution >= 0.6 is 0 Å². The fourth-order valence-corrected chi connectivity index (χ4v) is 5.09. The summed E-state index contributed by atoms with van der Waals surface area (Å²) in [6.07, 6.45) is 3.65. The topological polar surface area (TPSA) is 81.5 Å². The van der Waals surface area contributed by atoms with Crippen molar-refractivity contribution in [2.45, 2.75) is 26.0 Å². The first-order valence-electron chi connectivity index (χ1n) is 9.85. The maximum atomic E-state index is 13.6. The number of allylic oxidation sites excluding steroid dienone is 2. The number of esters is 1. The Morgan fingerprint density at radius 1 is 1.17 bits per heavy atom. The molecule has 30 heavy (non-hydrogen) atoms. The summed E-state index contributed by atoms with van der Waals surface area (Å²) in [5, 5.41) is 0. The Morgan fingerprint density at radius 3 is 2.43 bits per heavy atom. The van der Waals surface area contributed by atoms with Gasteiger partial charge in [0.25, 0.3) is 0 Å². The van der Waals surface area contributed by atoms with Crippen molar-refractivity contribution in [3.05, 3.63) is 42.2 Å². The summed E-state index contributed by atoms with van der Waals surface area (Å²) in [4.78, 5) is 43.0. The monoisotopic (exact) mass is 415 g/mol. The van der Waals surface area contributed by atoms with E-state index in [1.165, 1.54) is 13.0 Å². The van der Waals surface area contributed by atoms with E-state index in [-0.39, 0.29) is 35.0 Å². The summed E-state index contributed by atoms with van der Waals surface area (Å²) in [7, 11) is 0. The number of para-hydroxylation sites is 2. The van der Waals surface area contributed by atoms with Crippen molar-refractivity contribution < 1.29 is 27.9 Å². The van der Waals surface area contributed by atoms with Crippen LogP contribution in [0.25, 0.3) is 11.0 Å². The van der Waals surface area contributed by atoms with Crippen LogP contribution in [0.1, 0.15) is 31.8 Å². The standard InChI is InChI=1S/C21H19F2N3O4/c1-10(18-24-13-4-2-3-5-14(13)26(18)21(22)23)30-15(27)9-25-19(28)16-11-6-7-12(8-11)17(16)20(25)29/h2-7,10-12,16-17,21H,8-9H2,1H3. The van der Waals surface area contributed by atoms with Gasteiger partial charge in [-0.2, -0.15) is 8.78 Å². The number of imidazole rings is 1. The zero-order chi connectivity index (χ0) is 21.2. The van der Waals surface area contributed by atoms with Crippen molar-refractivity contribution in [2.75, 3.05) is 6.54 Å².